The van der Waals surface area contributed by atoms with Gasteiger partial charge in [0.1, 0.15) is 11.3 Å². The standard InChI is InChI=1S/C22H29FN6O/c1-2-19-17-4-3-5-18(23)20(17)29(26-19)22-25-21(30-27-22)16-8-12-28(13-9-16)14-15-6-10-24-11-7-15/h3-5,15-16,24H,2,6-14H2,1H3. The number of para-hydroxylation sites is 1. The third-order valence-electron chi connectivity index (χ3n) is 6.60. The summed E-state index contributed by atoms with van der Waals surface area (Å²) in [5, 5.41) is 12.9. The largest absolute Gasteiger partial charge is 0.337 e. The molecular formula is C22H29FN6O. The molecular weight excluding hydrogens is 383 g/mol. The predicted molar refractivity (Wildman–Crippen MR) is 112 cm³/mol. The smallest absolute Gasteiger partial charge is 0.291 e. The zero-order valence-electron chi connectivity index (χ0n) is 17.5. The van der Waals surface area contributed by atoms with Gasteiger partial charge in [-0.2, -0.15) is 14.8 Å². The van der Waals surface area contributed by atoms with Gasteiger partial charge in [-0.25, -0.2) is 4.39 Å². The molecule has 1 N–H and O–H groups in total. The first-order valence-corrected chi connectivity index (χ1v) is 11.2. The summed E-state index contributed by atoms with van der Waals surface area (Å²) in [6.45, 7) is 7.62. The quantitative estimate of drug-likeness (QED) is 0.693. The van der Waals surface area contributed by atoms with Crippen LogP contribution < -0.4 is 5.32 Å². The first-order valence-electron chi connectivity index (χ1n) is 11.2. The van der Waals surface area contributed by atoms with Gasteiger partial charge in [0, 0.05) is 17.8 Å². The van der Waals surface area contributed by atoms with E-state index in [0.717, 1.165) is 56.0 Å². The van der Waals surface area contributed by atoms with E-state index in [9.17, 15) is 4.39 Å². The number of fused-ring (bicyclic) bond motifs is 1. The van der Waals surface area contributed by atoms with E-state index in [1.807, 2.05) is 13.0 Å². The van der Waals surface area contributed by atoms with E-state index in [1.54, 1.807) is 6.07 Å². The summed E-state index contributed by atoms with van der Waals surface area (Å²) in [5.74, 6) is 1.71. The maximum absolute atomic E-state index is 14.5. The van der Waals surface area contributed by atoms with Gasteiger partial charge in [0.05, 0.1) is 5.69 Å². The average Bonchev–Trinajstić information content (AvgIpc) is 3.40. The number of hydrogen-bond donors (Lipinski definition) is 1. The maximum Gasteiger partial charge on any atom is 0.291 e. The number of nitrogens with one attached hydrogen (secondary N) is 1. The van der Waals surface area contributed by atoms with Crippen molar-refractivity contribution >= 4 is 10.9 Å². The Labute approximate surface area is 175 Å². The molecule has 2 aromatic heterocycles. The van der Waals surface area contributed by atoms with Gasteiger partial charge in [0.2, 0.25) is 5.89 Å². The molecule has 30 heavy (non-hydrogen) atoms. The van der Waals surface area contributed by atoms with Crippen molar-refractivity contribution in [3.8, 4) is 5.95 Å². The second-order valence-electron chi connectivity index (χ2n) is 8.55. The van der Waals surface area contributed by atoms with Crippen LogP contribution in [0.5, 0.6) is 0 Å². The molecule has 8 heteroatoms. The van der Waals surface area contributed by atoms with E-state index in [1.165, 1.54) is 30.1 Å². The first-order chi connectivity index (χ1) is 14.7. The SMILES string of the molecule is CCc1nn(-c2noc(C3CCN(CC4CCNCC4)CC3)n2)c2c(F)cccc12. The van der Waals surface area contributed by atoms with Crippen LogP contribution in [0.15, 0.2) is 22.7 Å². The van der Waals surface area contributed by atoms with Crippen LogP contribution in [-0.2, 0) is 6.42 Å². The van der Waals surface area contributed by atoms with Crippen LogP contribution in [0.2, 0.25) is 0 Å². The molecule has 0 amide bonds. The minimum absolute atomic E-state index is 0.257. The maximum atomic E-state index is 14.5. The Kier molecular flexibility index (Phi) is 5.52. The summed E-state index contributed by atoms with van der Waals surface area (Å²) in [6.07, 6.45) is 5.30. The fourth-order valence-corrected chi connectivity index (χ4v) is 4.86. The summed E-state index contributed by atoms with van der Waals surface area (Å²) < 4.78 is 21.6. The molecule has 0 unspecified atom stereocenters. The van der Waals surface area contributed by atoms with E-state index in [4.69, 9.17) is 4.52 Å². The molecule has 3 aromatic rings. The number of aromatic nitrogens is 4. The lowest BCUT2D eigenvalue weighted by Crippen LogP contribution is -2.39. The molecule has 5 rings (SSSR count). The van der Waals surface area contributed by atoms with Gasteiger partial charge >= 0.3 is 0 Å². The highest BCUT2D eigenvalue weighted by atomic mass is 19.1. The lowest BCUT2D eigenvalue weighted by atomic mass is 9.93. The Morgan fingerprint density at radius 2 is 1.97 bits per heavy atom. The lowest BCUT2D eigenvalue weighted by Gasteiger charge is -2.34. The van der Waals surface area contributed by atoms with Crippen LogP contribution >= 0.6 is 0 Å². The van der Waals surface area contributed by atoms with Crippen molar-refractivity contribution in [2.45, 2.75) is 44.9 Å². The monoisotopic (exact) mass is 412 g/mol. The third kappa shape index (κ3) is 3.74. The zero-order valence-corrected chi connectivity index (χ0v) is 17.5. The molecule has 0 radical (unpaired) electrons. The molecule has 1 aromatic carbocycles. The summed E-state index contributed by atoms with van der Waals surface area (Å²) in [4.78, 5) is 7.19. The van der Waals surface area contributed by atoms with Gasteiger partial charge in [0.15, 0.2) is 0 Å². The summed E-state index contributed by atoms with van der Waals surface area (Å²) in [5.41, 5.74) is 1.25. The number of hydrogen-bond acceptors (Lipinski definition) is 6. The average molecular weight is 413 g/mol. The highest BCUT2D eigenvalue weighted by molar-refractivity contribution is 5.83. The molecule has 0 atom stereocenters. The second-order valence-corrected chi connectivity index (χ2v) is 8.55. The molecule has 0 bridgehead atoms. The highest BCUT2D eigenvalue weighted by Gasteiger charge is 2.28. The zero-order chi connectivity index (χ0) is 20.5. The molecule has 0 spiro atoms. The van der Waals surface area contributed by atoms with Crippen LogP contribution in [0.1, 0.15) is 50.1 Å². The van der Waals surface area contributed by atoms with Gasteiger partial charge in [-0.05, 0) is 75.4 Å². The Morgan fingerprint density at radius 1 is 1.17 bits per heavy atom. The molecule has 7 nitrogen and oxygen atoms in total. The van der Waals surface area contributed by atoms with Crippen molar-refractivity contribution < 1.29 is 8.91 Å². The van der Waals surface area contributed by atoms with E-state index >= 15 is 0 Å². The van der Waals surface area contributed by atoms with Crippen LogP contribution in [0.25, 0.3) is 16.9 Å². The van der Waals surface area contributed by atoms with Crippen LogP contribution in [0.4, 0.5) is 4.39 Å². The minimum atomic E-state index is -0.322. The Balaban J connectivity index is 1.29. The van der Waals surface area contributed by atoms with Gasteiger partial charge in [-0.15, -0.1) is 0 Å². The predicted octanol–water partition coefficient (Wildman–Crippen LogP) is 3.29. The van der Waals surface area contributed by atoms with Crippen LogP contribution in [0, 0.1) is 11.7 Å². The van der Waals surface area contributed by atoms with E-state index < -0.39 is 0 Å². The van der Waals surface area contributed by atoms with Gasteiger partial charge < -0.3 is 14.7 Å². The van der Waals surface area contributed by atoms with Crippen molar-refractivity contribution in [3.63, 3.8) is 0 Å². The molecule has 160 valence electrons. The first kappa shape index (κ1) is 19.6. The summed E-state index contributed by atoms with van der Waals surface area (Å²) >= 11 is 0. The van der Waals surface area contributed by atoms with Crippen LogP contribution in [0.3, 0.4) is 0 Å². The number of rotatable bonds is 5. The number of piperidine rings is 2. The van der Waals surface area contributed by atoms with Crippen LogP contribution in [-0.4, -0.2) is 57.5 Å². The highest BCUT2D eigenvalue weighted by Crippen LogP contribution is 2.29. The normalized spacial score (nSPS) is 19.7. The van der Waals surface area contributed by atoms with Gasteiger partial charge in [-0.1, -0.05) is 19.1 Å². The molecule has 2 saturated heterocycles. The summed E-state index contributed by atoms with van der Waals surface area (Å²) in [7, 11) is 0. The number of halogens is 1. The number of nitrogens with zero attached hydrogens (tertiary/aromatic N) is 5. The lowest BCUT2D eigenvalue weighted by molar-refractivity contribution is 0.157. The van der Waals surface area contributed by atoms with E-state index in [-0.39, 0.29) is 11.7 Å². The number of benzene rings is 1. The Bertz CT molecular complexity index is 1000. The molecule has 0 aliphatic carbocycles. The topological polar surface area (TPSA) is 72.0 Å². The fourth-order valence-electron chi connectivity index (χ4n) is 4.86. The molecule has 4 heterocycles. The van der Waals surface area contributed by atoms with Gasteiger partial charge in [-0.3, -0.25) is 0 Å². The van der Waals surface area contributed by atoms with Crippen molar-refractivity contribution in [1.82, 2.24) is 30.1 Å². The molecule has 2 aliphatic rings. The fraction of sp³-hybridized carbons (Fsp3) is 0.591. The molecule has 0 saturated carbocycles. The second kappa shape index (κ2) is 8.43. The Hall–Kier alpha value is -2.32. The van der Waals surface area contributed by atoms with Crippen molar-refractivity contribution in [2.75, 3.05) is 32.7 Å². The summed E-state index contributed by atoms with van der Waals surface area (Å²) in [6, 6.07) is 5.04. The van der Waals surface area contributed by atoms with Crippen molar-refractivity contribution in [3.05, 3.63) is 35.6 Å². The minimum Gasteiger partial charge on any atom is -0.337 e. The number of likely N-dealkylation sites (tertiary alicyclic amines) is 1. The van der Waals surface area contributed by atoms with E-state index in [0.29, 0.717) is 23.8 Å². The molecule has 2 fully saturated rings. The van der Waals surface area contributed by atoms with Crippen molar-refractivity contribution in [2.24, 2.45) is 5.92 Å². The van der Waals surface area contributed by atoms with Gasteiger partial charge in [0.25, 0.3) is 5.95 Å². The third-order valence-corrected chi connectivity index (χ3v) is 6.60. The Morgan fingerprint density at radius 3 is 2.73 bits per heavy atom. The van der Waals surface area contributed by atoms with Crippen molar-refractivity contribution in [1.29, 1.82) is 0 Å². The molecule has 2 aliphatic heterocycles. The number of aryl methyl sites for hydroxylation is 1. The van der Waals surface area contributed by atoms with E-state index in [2.05, 4.69) is 25.5 Å².